The summed E-state index contributed by atoms with van der Waals surface area (Å²) >= 11 is 3.61. The standard InChI is InChI=1S/C20H23BrO6/c1-23-12-26-16-11-17(27-13-24-2)20(21)15(9-10-18(22)25-3)19(16)14-7-5-4-6-8-14/h4-8,11H,9-10,12-13H2,1-3H3. The first kappa shape index (κ1) is 21.2. The van der Waals surface area contributed by atoms with Crippen molar-refractivity contribution in [2.24, 2.45) is 0 Å². The molecular weight excluding hydrogens is 416 g/mol. The van der Waals surface area contributed by atoms with E-state index >= 15 is 0 Å². The molecule has 0 spiro atoms. The molecule has 0 atom stereocenters. The first-order chi connectivity index (χ1) is 13.1. The van der Waals surface area contributed by atoms with Crippen molar-refractivity contribution < 1.29 is 28.5 Å². The number of ether oxygens (including phenoxy) is 5. The first-order valence-corrected chi connectivity index (χ1v) is 9.12. The quantitative estimate of drug-likeness (QED) is 0.409. The monoisotopic (exact) mass is 438 g/mol. The average Bonchev–Trinajstić information content (AvgIpc) is 2.70. The van der Waals surface area contributed by atoms with Gasteiger partial charge < -0.3 is 23.7 Å². The summed E-state index contributed by atoms with van der Waals surface area (Å²) in [5.74, 6) is 0.864. The smallest absolute Gasteiger partial charge is 0.305 e. The highest BCUT2D eigenvalue weighted by atomic mass is 79.9. The van der Waals surface area contributed by atoms with Crippen molar-refractivity contribution in [1.82, 2.24) is 0 Å². The maximum Gasteiger partial charge on any atom is 0.305 e. The summed E-state index contributed by atoms with van der Waals surface area (Å²) in [7, 11) is 4.48. The summed E-state index contributed by atoms with van der Waals surface area (Å²) in [6.45, 7) is 0.172. The molecule has 0 saturated carbocycles. The predicted molar refractivity (Wildman–Crippen MR) is 105 cm³/mol. The fraction of sp³-hybridized carbons (Fsp3) is 0.350. The van der Waals surface area contributed by atoms with Crippen molar-refractivity contribution in [2.75, 3.05) is 34.9 Å². The van der Waals surface area contributed by atoms with Crippen LogP contribution in [0.3, 0.4) is 0 Å². The van der Waals surface area contributed by atoms with E-state index in [9.17, 15) is 4.79 Å². The van der Waals surface area contributed by atoms with Gasteiger partial charge in [0, 0.05) is 32.3 Å². The minimum atomic E-state index is -0.288. The summed E-state index contributed by atoms with van der Waals surface area (Å²) in [5, 5.41) is 0. The number of hydrogen-bond donors (Lipinski definition) is 0. The number of methoxy groups -OCH3 is 3. The molecule has 27 heavy (non-hydrogen) atoms. The summed E-state index contributed by atoms with van der Waals surface area (Å²) in [5.41, 5.74) is 2.71. The van der Waals surface area contributed by atoms with Crippen molar-refractivity contribution in [3.8, 4) is 22.6 Å². The molecule has 0 amide bonds. The Hall–Kier alpha value is -2.09. The van der Waals surface area contributed by atoms with Crippen LogP contribution in [0.15, 0.2) is 40.9 Å². The molecule has 7 heteroatoms. The molecule has 0 saturated heterocycles. The number of carbonyl (C=O) groups is 1. The lowest BCUT2D eigenvalue weighted by Gasteiger charge is -2.20. The third-order valence-corrected chi connectivity index (χ3v) is 4.69. The van der Waals surface area contributed by atoms with Crippen LogP contribution in [0.25, 0.3) is 11.1 Å². The van der Waals surface area contributed by atoms with E-state index in [0.29, 0.717) is 17.9 Å². The average molecular weight is 439 g/mol. The topological polar surface area (TPSA) is 63.2 Å². The Bertz CT molecular complexity index is 748. The minimum absolute atomic E-state index is 0.0849. The second kappa shape index (κ2) is 10.9. The van der Waals surface area contributed by atoms with Crippen molar-refractivity contribution in [3.63, 3.8) is 0 Å². The van der Waals surface area contributed by atoms with E-state index in [-0.39, 0.29) is 26.0 Å². The Kier molecular flexibility index (Phi) is 8.57. The van der Waals surface area contributed by atoms with E-state index in [0.717, 1.165) is 21.2 Å². The van der Waals surface area contributed by atoms with Crippen molar-refractivity contribution >= 4 is 21.9 Å². The van der Waals surface area contributed by atoms with E-state index < -0.39 is 0 Å². The fourth-order valence-electron chi connectivity index (χ4n) is 2.61. The molecule has 0 fully saturated rings. The van der Waals surface area contributed by atoms with Gasteiger partial charge in [-0.2, -0.15) is 0 Å². The molecule has 0 heterocycles. The van der Waals surface area contributed by atoms with Gasteiger partial charge in [-0.05, 0) is 33.5 Å². The van der Waals surface area contributed by atoms with Crippen LogP contribution in [0, 0.1) is 0 Å². The van der Waals surface area contributed by atoms with Gasteiger partial charge in [-0.15, -0.1) is 0 Å². The molecule has 0 N–H and O–H groups in total. The van der Waals surface area contributed by atoms with Gasteiger partial charge in [-0.1, -0.05) is 30.3 Å². The van der Waals surface area contributed by atoms with Crippen LogP contribution in [-0.4, -0.2) is 40.9 Å². The van der Waals surface area contributed by atoms with E-state index in [1.807, 2.05) is 30.3 Å². The molecule has 6 nitrogen and oxygen atoms in total. The summed E-state index contributed by atoms with van der Waals surface area (Å²) in [6, 6.07) is 11.6. The Labute approximate surface area is 167 Å². The molecule has 2 rings (SSSR count). The minimum Gasteiger partial charge on any atom is -0.469 e. The van der Waals surface area contributed by atoms with E-state index in [1.165, 1.54) is 7.11 Å². The number of halogens is 1. The van der Waals surface area contributed by atoms with Crippen molar-refractivity contribution in [1.29, 1.82) is 0 Å². The van der Waals surface area contributed by atoms with Gasteiger partial charge in [-0.3, -0.25) is 4.79 Å². The molecule has 0 aliphatic heterocycles. The number of benzene rings is 2. The van der Waals surface area contributed by atoms with Crippen LogP contribution in [0.1, 0.15) is 12.0 Å². The summed E-state index contributed by atoms with van der Waals surface area (Å²) in [4.78, 5) is 11.7. The zero-order valence-corrected chi connectivity index (χ0v) is 17.2. The van der Waals surface area contributed by atoms with Crippen LogP contribution in [0.4, 0.5) is 0 Å². The molecule has 0 bridgehead atoms. The van der Waals surface area contributed by atoms with Gasteiger partial charge in [-0.25, -0.2) is 0 Å². The number of hydrogen-bond acceptors (Lipinski definition) is 6. The van der Waals surface area contributed by atoms with E-state index in [4.69, 9.17) is 23.7 Å². The van der Waals surface area contributed by atoms with Gasteiger partial charge in [0.1, 0.15) is 11.5 Å². The molecule has 146 valence electrons. The number of rotatable bonds is 10. The Morgan fingerprint density at radius 1 is 0.963 bits per heavy atom. The van der Waals surface area contributed by atoms with Gasteiger partial charge >= 0.3 is 5.97 Å². The van der Waals surface area contributed by atoms with Crippen molar-refractivity contribution in [2.45, 2.75) is 12.8 Å². The SMILES string of the molecule is COCOc1cc(OCOC)c(-c2ccccc2)c(CCC(=O)OC)c1Br. The number of esters is 1. The Morgan fingerprint density at radius 3 is 2.19 bits per heavy atom. The van der Waals surface area contributed by atoms with Crippen LogP contribution >= 0.6 is 15.9 Å². The summed E-state index contributed by atoms with van der Waals surface area (Å²) < 4.78 is 27.1. The van der Waals surface area contributed by atoms with E-state index in [1.54, 1.807) is 20.3 Å². The highest BCUT2D eigenvalue weighted by Gasteiger charge is 2.21. The first-order valence-electron chi connectivity index (χ1n) is 8.33. The molecule has 0 aliphatic rings. The maximum atomic E-state index is 11.7. The van der Waals surface area contributed by atoms with Gasteiger partial charge in [0.25, 0.3) is 0 Å². The second-order valence-electron chi connectivity index (χ2n) is 5.58. The highest BCUT2D eigenvalue weighted by Crippen LogP contribution is 2.44. The fourth-order valence-corrected chi connectivity index (χ4v) is 3.24. The second-order valence-corrected chi connectivity index (χ2v) is 6.38. The van der Waals surface area contributed by atoms with Crippen LogP contribution < -0.4 is 9.47 Å². The molecule has 0 unspecified atom stereocenters. The Morgan fingerprint density at radius 2 is 1.59 bits per heavy atom. The normalized spacial score (nSPS) is 10.5. The number of carbonyl (C=O) groups excluding carboxylic acids is 1. The lowest BCUT2D eigenvalue weighted by molar-refractivity contribution is -0.140. The lowest BCUT2D eigenvalue weighted by atomic mass is 9.95. The zero-order valence-electron chi connectivity index (χ0n) is 15.6. The Balaban J connectivity index is 2.59. The van der Waals surface area contributed by atoms with Gasteiger partial charge in [0.2, 0.25) is 0 Å². The van der Waals surface area contributed by atoms with Gasteiger partial charge in [0.05, 0.1) is 11.6 Å². The highest BCUT2D eigenvalue weighted by molar-refractivity contribution is 9.10. The molecular formula is C20H23BrO6. The molecule has 2 aromatic carbocycles. The van der Waals surface area contributed by atoms with Crippen LogP contribution in [0.2, 0.25) is 0 Å². The zero-order chi connectivity index (χ0) is 19.6. The van der Waals surface area contributed by atoms with E-state index in [2.05, 4.69) is 15.9 Å². The van der Waals surface area contributed by atoms with Gasteiger partial charge in [0.15, 0.2) is 13.6 Å². The summed E-state index contributed by atoms with van der Waals surface area (Å²) in [6.07, 6.45) is 0.678. The third kappa shape index (κ3) is 5.69. The largest absolute Gasteiger partial charge is 0.469 e. The van der Waals surface area contributed by atoms with Crippen LogP contribution in [0.5, 0.6) is 11.5 Å². The predicted octanol–water partition coefficient (Wildman–Crippen LogP) is 4.19. The maximum absolute atomic E-state index is 11.7. The molecule has 0 aliphatic carbocycles. The van der Waals surface area contributed by atoms with Crippen molar-refractivity contribution in [3.05, 3.63) is 46.4 Å². The van der Waals surface area contributed by atoms with Crippen LogP contribution in [-0.2, 0) is 25.4 Å². The molecule has 0 radical (unpaired) electrons. The lowest BCUT2D eigenvalue weighted by Crippen LogP contribution is -2.08. The molecule has 2 aromatic rings. The molecule has 0 aromatic heterocycles. The third-order valence-electron chi connectivity index (χ3n) is 3.83.